The normalized spacial score (nSPS) is 26.0. The average molecular weight is 821 g/mol. The summed E-state index contributed by atoms with van der Waals surface area (Å²) in [6.07, 6.45) is 22.7. The molecule has 6 heterocycles. The van der Waals surface area contributed by atoms with Crippen LogP contribution >= 0.6 is 0 Å². The molecule has 6 rings (SSSR count). The molecule has 0 aromatic heterocycles. The van der Waals surface area contributed by atoms with Gasteiger partial charge in [0.05, 0.1) is 16.1 Å². The summed E-state index contributed by atoms with van der Waals surface area (Å²) in [5, 5.41) is 11.1. The Bertz CT molecular complexity index is 943. The van der Waals surface area contributed by atoms with Gasteiger partial charge in [0.2, 0.25) is 0 Å². The van der Waals surface area contributed by atoms with E-state index in [1.54, 1.807) is 99.0 Å². The predicted molar refractivity (Wildman–Crippen MR) is 258 cm³/mol. The fourth-order valence-electron chi connectivity index (χ4n) is 11.5. The Morgan fingerprint density at radius 1 is 0.389 bits per heavy atom. The van der Waals surface area contributed by atoms with E-state index in [0.717, 1.165) is 30.0 Å². The minimum atomic E-state index is -0.723. The minimum Gasteiger partial charge on any atom is -0.312 e. The van der Waals surface area contributed by atoms with Crippen LogP contribution in [-0.4, -0.2) is 68.5 Å². The molecule has 0 amide bonds. The fourth-order valence-corrected chi connectivity index (χ4v) is 27.5. The van der Waals surface area contributed by atoms with E-state index < -0.39 is 32.3 Å². The first kappa shape index (κ1) is 49.1. The van der Waals surface area contributed by atoms with E-state index in [0.29, 0.717) is 18.1 Å². The lowest BCUT2D eigenvalue weighted by Crippen LogP contribution is -2.46. The van der Waals surface area contributed by atoms with Crippen LogP contribution < -0.4 is 16.0 Å². The number of nitrogens with one attached hydrogen (secondary N) is 3. The van der Waals surface area contributed by atoms with Gasteiger partial charge < -0.3 is 16.0 Å². The molecule has 0 aromatic rings. The van der Waals surface area contributed by atoms with Gasteiger partial charge in [-0.25, -0.2) is 0 Å². The van der Waals surface area contributed by atoms with E-state index in [9.17, 15) is 0 Å². The summed E-state index contributed by atoms with van der Waals surface area (Å²) in [7, 11) is -2.77. The van der Waals surface area contributed by atoms with Gasteiger partial charge in [-0.15, -0.1) is 0 Å². The summed E-state index contributed by atoms with van der Waals surface area (Å²) in [6.45, 7) is 28.5. The van der Waals surface area contributed by atoms with Crippen molar-refractivity contribution < 1.29 is 0 Å². The van der Waals surface area contributed by atoms with E-state index >= 15 is 0 Å². The van der Waals surface area contributed by atoms with E-state index in [1.165, 1.54) is 69.9 Å². The quantitative estimate of drug-likeness (QED) is 0.203. The fraction of sp³-hybridized carbons (Fsp3) is 1.00. The topological polar surface area (TPSA) is 36.1 Å². The van der Waals surface area contributed by atoms with Crippen molar-refractivity contribution in [3.05, 3.63) is 0 Å². The summed E-state index contributed by atoms with van der Waals surface area (Å²) in [6, 6.07) is 24.0. The molecular formula is C47H101N3Si4. The Hall–Kier alpha value is 0.748. The van der Waals surface area contributed by atoms with Crippen LogP contribution in [0.4, 0.5) is 0 Å². The number of hydrogen-bond donors (Lipinski definition) is 3. The lowest BCUT2D eigenvalue weighted by Gasteiger charge is -2.42. The first-order chi connectivity index (χ1) is 25.4. The van der Waals surface area contributed by atoms with Crippen molar-refractivity contribution in [3.63, 3.8) is 0 Å². The first-order valence-corrected chi connectivity index (χ1v) is 37.2. The minimum absolute atomic E-state index is 0.652. The first-order valence-electron chi connectivity index (χ1n) is 24.7. The van der Waals surface area contributed by atoms with Crippen LogP contribution in [0.15, 0.2) is 0 Å². The average Bonchev–Trinajstić information content (AvgIpc) is 3.56. The molecule has 6 saturated heterocycles. The van der Waals surface area contributed by atoms with E-state index in [-0.39, 0.29) is 0 Å². The SMILES string of the molecule is CC(C)CCC1CC[Si](C)(C)CC1.CC(C)NC1CC[Si](C)(C)CC1.CC(C)NC1CC[Si]2(CCCC2)CC1.CC(C)NC1CC[Si]2(CCCCC2)CC1. The van der Waals surface area contributed by atoms with Crippen LogP contribution in [0.3, 0.4) is 0 Å². The third-order valence-corrected chi connectivity index (χ3v) is 33.0. The third-order valence-electron chi connectivity index (χ3n) is 15.3. The van der Waals surface area contributed by atoms with Crippen LogP contribution in [-0.2, 0) is 0 Å². The van der Waals surface area contributed by atoms with Crippen molar-refractivity contribution in [3.8, 4) is 0 Å². The molecule has 3 N–H and O–H groups in total. The van der Waals surface area contributed by atoms with Crippen LogP contribution in [0.2, 0.25) is 98.7 Å². The maximum atomic E-state index is 3.73. The highest BCUT2D eigenvalue weighted by molar-refractivity contribution is 6.81. The van der Waals surface area contributed by atoms with Crippen LogP contribution in [0.1, 0.15) is 152 Å². The van der Waals surface area contributed by atoms with Crippen molar-refractivity contribution in [2.75, 3.05) is 0 Å². The zero-order valence-corrected chi connectivity index (χ0v) is 43.2. The van der Waals surface area contributed by atoms with Gasteiger partial charge >= 0.3 is 0 Å². The summed E-state index contributed by atoms with van der Waals surface area (Å²) >= 11 is 0. The van der Waals surface area contributed by atoms with Crippen molar-refractivity contribution >= 4 is 32.3 Å². The van der Waals surface area contributed by atoms with Crippen molar-refractivity contribution in [2.24, 2.45) is 11.8 Å². The van der Waals surface area contributed by atoms with Gasteiger partial charge in [-0.1, -0.05) is 212 Å². The lowest BCUT2D eigenvalue weighted by atomic mass is 9.93. The Morgan fingerprint density at radius 2 is 0.685 bits per heavy atom. The third kappa shape index (κ3) is 19.7. The standard InChI is InChI=1S/C13H27NSi.C12H25NSi.C12H26Si.C10H23NSi/c1-12(2)14-13-6-10-15(11-7-13)8-4-3-5-9-15;1-11(2)13-12-5-9-14(10-6-12)7-3-4-8-14;1-11(2)5-6-12-7-9-13(3,4)10-8-12;1-9(2)11-10-5-7-12(3,4)8-6-10/h12-14H,3-11H2,1-2H3;11-13H,3-10H2,1-2H3;11-12H,5-10H2,1-4H3;9-11H,5-8H2,1-4H3. The molecule has 6 fully saturated rings. The second kappa shape index (κ2) is 24.1. The van der Waals surface area contributed by atoms with Gasteiger partial charge in [-0.3, -0.25) is 0 Å². The van der Waals surface area contributed by atoms with E-state index in [4.69, 9.17) is 0 Å². The molecule has 0 unspecified atom stereocenters. The molecule has 3 nitrogen and oxygen atoms in total. The second-order valence-corrected chi connectivity index (χ2v) is 44.0. The number of hydrogen-bond acceptors (Lipinski definition) is 3. The van der Waals surface area contributed by atoms with Gasteiger partial charge in [0, 0.05) is 52.4 Å². The summed E-state index contributed by atoms with van der Waals surface area (Å²) in [4.78, 5) is 0. The van der Waals surface area contributed by atoms with Gasteiger partial charge in [0.25, 0.3) is 0 Å². The molecule has 7 heteroatoms. The highest BCUT2D eigenvalue weighted by Gasteiger charge is 2.40. The number of rotatable bonds is 9. The molecule has 6 aliphatic heterocycles. The zero-order chi connectivity index (χ0) is 39.8. The Balaban J connectivity index is 0.000000194. The highest BCUT2D eigenvalue weighted by atomic mass is 28.3. The molecule has 0 atom stereocenters. The molecule has 0 saturated carbocycles. The Morgan fingerprint density at radius 3 is 1.00 bits per heavy atom. The van der Waals surface area contributed by atoms with Gasteiger partial charge in [-0.05, 0) is 50.4 Å². The van der Waals surface area contributed by atoms with Crippen LogP contribution in [0.5, 0.6) is 0 Å². The van der Waals surface area contributed by atoms with Crippen molar-refractivity contribution in [2.45, 2.75) is 287 Å². The molecule has 0 bridgehead atoms. The van der Waals surface area contributed by atoms with Crippen LogP contribution in [0.25, 0.3) is 0 Å². The summed E-state index contributed by atoms with van der Waals surface area (Å²) in [5.41, 5.74) is 0. The van der Waals surface area contributed by atoms with E-state index in [1.807, 2.05) is 0 Å². The molecule has 6 aliphatic rings. The molecular weight excluding hydrogens is 719 g/mol. The van der Waals surface area contributed by atoms with E-state index in [2.05, 4.69) is 97.5 Å². The second-order valence-electron chi connectivity index (χ2n) is 23.3. The molecule has 0 radical (unpaired) electrons. The van der Waals surface area contributed by atoms with Crippen molar-refractivity contribution in [1.29, 1.82) is 0 Å². The molecule has 0 aliphatic carbocycles. The van der Waals surface area contributed by atoms with Gasteiger partial charge in [-0.2, -0.15) is 0 Å². The van der Waals surface area contributed by atoms with Crippen LogP contribution in [0, 0.1) is 11.8 Å². The summed E-state index contributed by atoms with van der Waals surface area (Å²) < 4.78 is 0. The Kier molecular flexibility index (Phi) is 21.9. The van der Waals surface area contributed by atoms with Crippen molar-refractivity contribution in [1.82, 2.24) is 16.0 Å². The molecule has 0 aromatic carbocycles. The lowest BCUT2D eigenvalue weighted by molar-refractivity contribution is 0.389. The molecule has 320 valence electrons. The van der Waals surface area contributed by atoms with Gasteiger partial charge in [0.15, 0.2) is 0 Å². The predicted octanol–water partition coefficient (Wildman–Crippen LogP) is 14.6. The molecule has 2 spiro atoms. The largest absolute Gasteiger partial charge is 0.312 e. The zero-order valence-electron chi connectivity index (χ0n) is 39.2. The maximum Gasteiger partial charge on any atom is 0.0537 e. The smallest absolute Gasteiger partial charge is 0.0537 e. The monoisotopic (exact) mass is 820 g/mol. The summed E-state index contributed by atoms with van der Waals surface area (Å²) in [5.74, 6) is 2.00. The Labute approximate surface area is 345 Å². The molecule has 54 heavy (non-hydrogen) atoms. The maximum absolute atomic E-state index is 3.73. The van der Waals surface area contributed by atoms with Gasteiger partial charge in [0.1, 0.15) is 0 Å². The highest BCUT2D eigenvalue weighted by Crippen LogP contribution is 2.43.